The first kappa shape index (κ1) is 10.0. The molecule has 0 fully saturated rings. The Hall–Kier alpha value is -1.50. The lowest BCUT2D eigenvalue weighted by Gasteiger charge is -2.03. The molecular formula is C14H15B. The van der Waals surface area contributed by atoms with E-state index in [9.17, 15) is 0 Å². The SMILES string of the molecule is Bc1ccc(Cc2ccc(C)cc2)cc1. The van der Waals surface area contributed by atoms with Crippen LogP contribution in [-0.4, -0.2) is 7.85 Å². The molecule has 2 aromatic rings. The first-order valence-electron chi connectivity index (χ1n) is 5.35. The van der Waals surface area contributed by atoms with Crippen LogP contribution in [0.4, 0.5) is 0 Å². The predicted molar refractivity (Wildman–Crippen MR) is 68.6 cm³/mol. The van der Waals surface area contributed by atoms with Crippen LogP contribution in [0.2, 0.25) is 0 Å². The van der Waals surface area contributed by atoms with Gasteiger partial charge in [0.05, 0.1) is 0 Å². The summed E-state index contributed by atoms with van der Waals surface area (Å²) in [5, 5.41) is 0. The summed E-state index contributed by atoms with van der Waals surface area (Å²) in [7, 11) is 2.12. The summed E-state index contributed by atoms with van der Waals surface area (Å²) in [6.07, 6.45) is 1.03. The Morgan fingerprint density at radius 3 is 1.80 bits per heavy atom. The molecule has 0 radical (unpaired) electrons. The van der Waals surface area contributed by atoms with Crippen molar-refractivity contribution in [3.63, 3.8) is 0 Å². The molecule has 2 aromatic carbocycles. The highest BCUT2D eigenvalue weighted by Gasteiger charge is 1.95. The van der Waals surface area contributed by atoms with Crippen molar-refractivity contribution in [2.45, 2.75) is 13.3 Å². The molecule has 0 aromatic heterocycles. The lowest BCUT2D eigenvalue weighted by atomic mass is 9.94. The Morgan fingerprint density at radius 2 is 1.27 bits per heavy atom. The molecular weight excluding hydrogens is 179 g/mol. The molecule has 0 nitrogen and oxygen atoms in total. The summed E-state index contributed by atoms with van der Waals surface area (Å²) in [5.74, 6) is 0. The van der Waals surface area contributed by atoms with Gasteiger partial charge in [0.25, 0.3) is 0 Å². The zero-order valence-corrected chi connectivity index (χ0v) is 9.33. The second-order valence-corrected chi connectivity index (χ2v) is 4.15. The van der Waals surface area contributed by atoms with E-state index in [1.54, 1.807) is 0 Å². The molecule has 0 aliphatic rings. The molecule has 0 aliphatic heterocycles. The van der Waals surface area contributed by atoms with Crippen LogP contribution in [0.25, 0.3) is 0 Å². The lowest BCUT2D eigenvalue weighted by Crippen LogP contribution is -2.00. The van der Waals surface area contributed by atoms with Gasteiger partial charge >= 0.3 is 0 Å². The molecule has 0 N–H and O–H groups in total. The molecule has 0 spiro atoms. The zero-order chi connectivity index (χ0) is 10.7. The van der Waals surface area contributed by atoms with E-state index in [0.717, 1.165) is 6.42 Å². The average Bonchev–Trinajstić information content (AvgIpc) is 2.25. The van der Waals surface area contributed by atoms with E-state index < -0.39 is 0 Å². The van der Waals surface area contributed by atoms with Crippen LogP contribution in [0.3, 0.4) is 0 Å². The number of aryl methyl sites for hydroxylation is 1. The average molecular weight is 194 g/mol. The third kappa shape index (κ3) is 2.72. The third-order valence-corrected chi connectivity index (χ3v) is 2.65. The van der Waals surface area contributed by atoms with Gasteiger partial charge in [-0.3, -0.25) is 0 Å². The molecule has 0 atom stereocenters. The van der Waals surface area contributed by atoms with Crippen molar-refractivity contribution in [1.82, 2.24) is 0 Å². The Labute approximate surface area is 92.4 Å². The van der Waals surface area contributed by atoms with Crippen molar-refractivity contribution in [2.24, 2.45) is 0 Å². The Balaban J connectivity index is 2.15. The van der Waals surface area contributed by atoms with Crippen molar-refractivity contribution >= 4 is 13.3 Å². The first-order chi connectivity index (χ1) is 7.24. The highest BCUT2D eigenvalue weighted by atomic mass is 14.0. The highest BCUT2D eigenvalue weighted by Crippen LogP contribution is 2.09. The van der Waals surface area contributed by atoms with Crippen LogP contribution in [-0.2, 0) is 6.42 Å². The minimum Gasteiger partial charge on any atom is -0.0889 e. The van der Waals surface area contributed by atoms with E-state index in [0.29, 0.717) is 0 Å². The van der Waals surface area contributed by atoms with Gasteiger partial charge in [-0.15, -0.1) is 0 Å². The summed E-state index contributed by atoms with van der Waals surface area (Å²) >= 11 is 0. The molecule has 15 heavy (non-hydrogen) atoms. The molecule has 0 amide bonds. The fourth-order valence-corrected chi connectivity index (χ4v) is 1.65. The van der Waals surface area contributed by atoms with E-state index in [2.05, 4.69) is 63.3 Å². The van der Waals surface area contributed by atoms with Gasteiger partial charge in [-0.1, -0.05) is 59.6 Å². The molecule has 0 heterocycles. The Kier molecular flexibility index (Phi) is 2.91. The molecule has 0 bridgehead atoms. The van der Waals surface area contributed by atoms with E-state index in [1.165, 1.54) is 22.2 Å². The van der Waals surface area contributed by atoms with Crippen molar-refractivity contribution in [3.05, 3.63) is 65.2 Å². The maximum Gasteiger partial charge on any atom is 0.139 e. The molecule has 74 valence electrons. The van der Waals surface area contributed by atoms with E-state index in [-0.39, 0.29) is 0 Å². The Morgan fingerprint density at radius 1 is 0.800 bits per heavy atom. The molecule has 0 aliphatic carbocycles. The van der Waals surface area contributed by atoms with Crippen LogP contribution in [0.1, 0.15) is 16.7 Å². The van der Waals surface area contributed by atoms with Gasteiger partial charge in [0.2, 0.25) is 0 Å². The minimum atomic E-state index is 1.03. The van der Waals surface area contributed by atoms with Crippen LogP contribution >= 0.6 is 0 Å². The second kappa shape index (κ2) is 4.35. The smallest absolute Gasteiger partial charge is 0.0889 e. The highest BCUT2D eigenvalue weighted by molar-refractivity contribution is 6.32. The molecule has 0 unspecified atom stereocenters. The van der Waals surface area contributed by atoms with E-state index in [4.69, 9.17) is 0 Å². The van der Waals surface area contributed by atoms with Gasteiger partial charge in [-0.2, -0.15) is 0 Å². The van der Waals surface area contributed by atoms with Crippen LogP contribution in [0, 0.1) is 6.92 Å². The van der Waals surface area contributed by atoms with Crippen molar-refractivity contribution in [1.29, 1.82) is 0 Å². The van der Waals surface area contributed by atoms with Gasteiger partial charge in [0.1, 0.15) is 7.85 Å². The fraction of sp³-hybridized carbons (Fsp3) is 0.143. The quantitative estimate of drug-likeness (QED) is 0.640. The summed E-state index contributed by atoms with van der Waals surface area (Å²) in [5.41, 5.74) is 5.40. The molecule has 0 saturated heterocycles. The zero-order valence-electron chi connectivity index (χ0n) is 9.33. The number of hydrogen-bond acceptors (Lipinski definition) is 0. The van der Waals surface area contributed by atoms with Gasteiger partial charge in [0.15, 0.2) is 0 Å². The lowest BCUT2D eigenvalue weighted by molar-refractivity contribution is 1.19. The summed E-state index contributed by atoms with van der Waals surface area (Å²) < 4.78 is 0. The van der Waals surface area contributed by atoms with Crippen LogP contribution in [0.5, 0.6) is 0 Å². The maximum absolute atomic E-state index is 2.20. The largest absolute Gasteiger partial charge is 0.139 e. The van der Waals surface area contributed by atoms with Gasteiger partial charge in [0, 0.05) is 0 Å². The fourth-order valence-electron chi connectivity index (χ4n) is 1.65. The second-order valence-electron chi connectivity index (χ2n) is 4.15. The van der Waals surface area contributed by atoms with Gasteiger partial charge in [-0.05, 0) is 24.5 Å². The van der Waals surface area contributed by atoms with Crippen molar-refractivity contribution in [2.75, 3.05) is 0 Å². The number of benzene rings is 2. The van der Waals surface area contributed by atoms with Crippen molar-refractivity contribution < 1.29 is 0 Å². The predicted octanol–water partition coefficient (Wildman–Crippen LogP) is 1.84. The summed E-state index contributed by atoms with van der Waals surface area (Å²) in [6, 6.07) is 17.5. The van der Waals surface area contributed by atoms with Gasteiger partial charge < -0.3 is 0 Å². The standard InChI is InChI=1S/C14H15B/c1-11-2-4-12(5-3-11)10-13-6-8-14(15)9-7-13/h2-9H,10,15H2,1H3. The molecule has 2 rings (SSSR count). The van der Waals surface area contributed by atoms with Gasteiger partial charge in [-0.25, -0.2) is 0 Å². The van der Waals surface area contributed by atoms with Crippen LogP contribution < -0.4 is 5.46 Å². The van der Waals surface area contributed by atoms with E-state index in [1.807, 2.05) is 0 Å². The monoisotopic (exact) mass is 194 g/mol. The molecule has 0 saturated carbocycles. The maximum atomic E-state index is 2.20. The van der Waals surface area contributed by atoms with Crippen molar-refractivity contribution in [3.8, 4) is 0 Å². The number of rotatable bonds is 2. The summed E-state index contributed by atoms with van der Waals surface area (Å²) in [6.45, 7) is 2.12. The minimum absolute atomic E-state index is 1.03. The normalized spacial score (nSPS) is 10.2. The number of hydrogen-bond donors (Lipinski definition) is 0. The molecule has 1 heteroatoms. The Bertz CT molecular complexity index is 382. The van der Waals surface area contributed by atoms with E-state index >= 15 is 0 Å². The summed E-state index contributed by atoms with van der Waals surface area (Å²) in [4.78, 5) is 0. The van der Waals surface area contributed by atoms with Crippen LogP contribution in [0.15, 0.2) is 48.5 Å². The third-order valence-electron chi connectivity index (χ3n) is 2.65. The first-order valence-corrected chi connectivity index (χ1v) is 5.35. The topological polar surface area (TPSA) is 0 Å².